The summed E-state index contributed by atoms with van der Waals surface area (Å²) in [6.45, 7) is 3.37. The molecular formula is C19H28FN5O. The second-order valence-electron chi connectivity index (χ2n) is 7.45. The van der Waals surface area contributed by atoms with Gasteiger partial charge in [0, 0.05) is 13.1 Å². The molecule has 5 N–H and O–H groups in total. The van der Waals surface area contributed by atoms with Gasteiger partial charge in [-0.15, -0.1) is 0 Å². The van der Waals surface area contributed by atoms with E-state index in [0.29, 0.717) is 13.1 Å². The smallest absolute Gasteiger partial charge is 0.242 e. The molecule has 2 aliphatic rings. The Balaban J connectivity index is 1.69. The van der Waals surface area contributed by atoms with Gasteiger partial charge in [-0.2, -0.15) is 0 Å². The van der Waals surface area contributed by atoms with Gasteiger partial charge < -0.3 is 21.7 Å². The summed E-state index contributed by atoms with van der Waals surface area (Å²) in [5, 5.41) is 3.22. The van der Waals surface area contributed by atoms with Crippen molar-refractivity contribution < 1.29 is 9.18 Å². The number of amides is 1. The van der Waals surface area contributed by atoms with Gasteiger partial charge in [0.05, 0.1) is 5.54 Å². The number of carbonyl (C=O) groups excluding carboxylic acids is 1. The van der Waals surface area contributed by atoms with Crippen molar-refractivity contribution in [2.24, 2.45) is 16.5 Å². The zero-order valence-corrected chi connectivity index (χ0v) is 15.5. The highest BCUT2D eigenvalue weighted by Gasteiger charge is 2.45. The Bertz CT molecular complexity index is 711. The number of nitrogens with one attached hydrogen (secondary N) is 1. The number of likely N-dealkylation sites (N-methyl/N-ethyl adjacent to an activating group) is 1. The number of likely N-dealkylation sites (tertiary alicyclic amines) is 1. The number of nitrogens with zero attached hydrogens (tertiary/aromatic N) is 2. The number of guanidine groups is 1. The molecule has 2 fully saturated rings. The Morgan fingerprint density at radius 3 is 2.46 bits per heavy atom. The van der Waals surface area contributed by atoms with Crippen molar-refractivity contribution in [2.75, 3.05) is 20.1 Å². The lowest BCUT2D eigenvalue weighted by Crippen LogP contribution is -2.61. The summed E-state index contributed by atoms with van der Waals surface area (Å²) >= 11 is 0. The van der Waals surface area contributed by atoms with Crippen molar-refractivity contribution in [2.45, 2.75) is 50.5 Å². The molecule has 1 aliphatic carbocycles. The summed E-state index contributed by atoms with van der Waals surface area (Å²) in [6.07, 6.45) is 4.61. The van der Waals surface area contributed by atoms with Gasteiger partial charge in [0.25, 0.3) is 0 Å². The molecular weight excluding hydrogens is 333 g/mol. The van der Waals surface area contributed by atoms with Gasteiger partial charge in [0.15, 0.2) is 5.96 Å². The number of nitrogens with two attached hydrogens (primary N) is 2. The summed E-state index contributed by atoms with van der Waals surface area (Å²) in [6, 6.07) is 3.23. The molecule has 1 aromatic carbocycles. The van der Waals surface area contributed by atoms with E-state index in [1.54, 1.807) is 12.1 Å². The number of benzene rings is 1. The fraction of sp³-hybridized carbons (Fsp3) is 0.579. The molecule has 1 aliphatic heterocycles. The zero-order chi connectivity index (χ0) is 18.9. The molecule has 0 unspecified atom stereocenters. The van der Waals surface area contributed by atoms with Crippen molar-refractivity contribution in [3.05, 3.63) is 29.1 Å². The fourth-order valence-electron chi connectivity index (χ4n) is 4.14. The quantitative estimate of drug-likeness (QED) is 0.563. The molecule has 6 nitrogen and oxygen atoms in total. The van der Waals surface area contributed by atoms with Crippen molar-refractivity contribution in [1.82, 2.24) is 10.2 Å². The van der Waals surface area contributed by atoms with Gasteiger partial charge >= 0.3 is 0 Å². The van der Waals surface area contributed by atoms with Crippen LogP contribution in [-0.4, -0.2) is 42.4 Å². The molecule has 0 radical (unpaired) electrons. The Morgan fingerprint density at radius 1 is 1.31 bits per heavy atom. The van der Waals surface area contributed by atoms with E-state index in [-0.39, 0.29) is 29.0 Å². The van der Waals surface area contributed by atoms with Crippen LogP contribution in [0, 0.1) is 12.7 Å². The average Bonchev–Trinajstić information content (AvgIpc) is 2.57. The maximum atomic E-state index is 14.3. The van der Waals surface area contributed by atoms with Crippen LogP contribution in [0.1, 0.15) is 49.1 Å². The van der Waals surface area contributed by atoms with E-state index < -0.39 is 5.82 Å². The fourth-order valence-corrected chi connectivity index (χ4v) is 4.14. The highest BCUT2D eigenvalue weighted by atomic mass is 19.1. The number of hydrogen-bond acceptors (Lipinski definition) is 3. The SMILES string of the molecule is CNC1(C(=O)N2CCC(c3cc(F)c(N=C(N)N)cc3C)CC2)CCC1. The lowest BCUT2D eigenvalue weighted by Gasteiger charge is -2.45. The average molecular weight is 361 g/mol. The second-order valence-corrected chi connectivity index (χ2v) is 7.45. The lowest BCUT2D eigenvalue weighted by atomic mass is 9.75. The van der Waals surface area contributed by atoms with Crippen LogP contribution in [-0.2, 0) is 4.79 Å². The maximum Gasteiger partial charge on any atom is 0.242 e. The van der Waals surface area contributed by atoms with E-state index in [0.717, 1.165) is 43.2 Å². The molecule has 3 rings (SSSR count). The van der Waals surface area contributed by atoms with Crippen LogP contribution in [0.2, 0.25) is 0 Å². The molecule has 0 atom stereocenters. The van der Waals surface area contributed by atoms with Crippen LogP contribution in [0.3, 0.4) is 0 Å². The number of hydrogen-bond donors (Lipinski definition) is 3. The van der Waals surface area contributed by atoms with E-state index in [4.69, 9.17) is 11.5 Å². The van der Waals surface area contributed by atoms with Gasteiger partial charge in [-0.1, -0.05) is 0 Å². The van der Waals surface area contributed by atoms with Gasteiger partial charge in [0.2, 0.25) is 5.91 Å². The van der Waals surface area contributed by atoms with Gasteiger partial charge in [0.1, 0.15) is 11.5 Å². The minimum atomic E-state index is -0.416. The first kappa shape index (κ1) is 18.6. The summed E-state index contributed by atoms with van der Waals surface area (Å²) in [5.74, 6) is -0.108. The summed E-state index contributed by atoms with van der Waals surface area (Å²) in [5.41, 5.74) is 12.5. The molecule has 1 heterocycles. The summed E-state index contributed by atoms with van der Waals surface area (Å²) < 4.78 is 14.3. The standard InChI is InChI=1S/C19H28FN5O/c1-12-10-16(24-18(21)22)15(20)11-14(12)13-4-8-25(9-5-13)17(26)19(23-2)6-3-7-19/h10-11,13,23H,3-9H2,1-2H3,(H4,21,22,24). The zero-order valence-electron chi connectivity index (χ0n) is 15.5. The highest BCUT2D eigenvalue weighted by Crippen LogP contribution is 2.37. The van der Waals surface area contributed by atoms with Crippen LogP contribution in [0.5, 0.6) is 0 Å². The molecule has 0 spiro atoms. The molecule has 0 bridgehead atoms. The largest absolute Gasteiger partial charge is 0.370 e. The van der Waals surface area contributed by atoms with Crippen molar-refractivity contribution in [3.8, 4) is 0 Å². The molecule has 1 amide bonds. The Morgan fingerprint density at radius 2 is 1.96 bits per heavy atom. The third-order valence-electron chi connectivity index (χ3n) is 5.90. The first-order valence-corrected chi connectivity index (χ1v) is 9.24. The Kier molecular flexibility index (Phi) is 5.18. The van der Waals surface area contributed by atoms with E-state index in [1.165, 1.54) is 0 Å². The van der Waals surface area contributed by atoms with E-state index in [9.17, 15) is 9.18 Å². The number of carbonyl (C=O) groups is 1. The van der Waals surface area contributed by atoms with Crippen LogP contribution < -0.4 is 16.8 Å². The maximum absolute atomic E-state index is 14.3. The molecule has 7 heteroatoms. The number of aryl methyl sites for hydroxylation is 1. The molecule has 26 heavy (non-hydrogen) atoms. The van der Waals surface area contributed by atoms with Gasteiger partial charge in [-0.3, -0.25) is 4.79 Å². The van der Waals surface area contributed by atoms with Gasteiger partial charge in [-0.05, 0) is 75.3 Å². The van der Waals surface area contributed by atoms with Crippen molar-refractivity contribution in [1.29, 1.82) is 0 Å². The predicted molar refractivity (Wildman–Crippen MR) is 101 cm³/mol. The van der Waals surface area contributed by atoms with E-state index in [1.807, 2.05) is 18.9 Å². The normalized spacial score (nSPS) is 19.7. The minimum Gasteiger partial charge on any atom is -0.370 e. The highest BCUT2D eigenvalue weighted by molar-refractivity contribution is 5.87. The number of piperidine rings is 1. The van der Waals surface area contributed by atoms with Crippen LogP contribution in [0.15, 0.2) is 17.1 Å². The molecule has 142 valence electrons. The Hall–Kier alpha value is -2.15. The summed E-state index contributed by atoms with van der Waals surface area (Å²) in [4.78, 5) is 18.6. The van der Waals surface area contributed by atoms with Crippen molar-refractivity contribution >= 4 is 17.6 Å². The van der Waals surface area contributed by atoms with Crippen LogP contribution in [0.4, 0.5) is 10.1 Å². The van der Waals surface area contributed by atoms with Crippen molar-refractivity contribution in [3.63, 3.8) is 0 Å². The lowest BCUT2D eigenvalue weighted by molar-refractivity contribution is -0.143. The molecule has 1 saturated carbocycles. The monoisotopic (exact) mass is 361 g/mol. The van der Waals surface area contributed by atoms with Crippen LogP contribution >= 0.6 is 0 Å². The molecule has 1 saturated heterocycles. The van der Waals surface area contributed by atoms with E-state index in [2.05, 4.69) is 10.3 Å². The molecule has 1 aromatic rings. The number of aliphatic imine (C=N–C) groups is 1. The first-order chi connectivity index (χ1) is 12.4. The van der Waals surface area contributed by atoms with Gasteiger partial charge in [-0.25, -0.2) is 9.38 Å². The second kappa shape index (κ2) is 7.23. The Labute approximate surface area is 153 Å². The minimum absolute atomic E-state index is 0.155. The number of halogens is 1. The molecule has 0 aromatic heterocycles. The third-order valence-corrected chi connectivity index (χ3v) is 5.90. The predicted octanol–water partition coefficient (Wildman–Crippen LogP) is 1.89. The summed E-state index contributed by atoms with van der Waals surface area (Å²) in [7, 11) is 1.87. The third kappa shape index (κ3) is 3.40. The first-order valence-electron chi connectivity index (χ1n) is 9.24. The number of rotatable bonds is 4. The topological polar surface area (TPSA) is 96.7 Å². The van der Waals surface area contributed by atoms with Crippen LogP contribution in [0.25, 0.3) is 0 Å². The van der Waals surface area contributed by atoms with E-state index >= 15 is 0 Å².